The van der Waals surface area contributed by atoms with Gasteiger partial charge in [0.15, 0.2) is 5.75 Å². The van der Waals surface area contributed by atoms with Crippen molar-refractivity contribution >= 4 is 29.1 Å². The Labute approximate surface area is 166 Å². The maximum atomic E-state index is 12.7. The van der Waals surface area contributed by atoms with Crippen LogP contribution in [0.25, 0.3) is 5.69 Å². The average molecular weight is 431 g/mol. The van der Waals surface area contributed by atoms with Crippen LogP contribution in [0.3, 0.4) is 0 Å². The summed E-state index contributed by atoms with van der Waals surface area (Å²) in [6.07, 6.45) is -3.23. The lowest BCUT2D eigenvalue weighted by Crippen LogP contribution is -2.24. The fraction of sp³-hybridized carbons (Fsp3) is 0.118. The topological polar surface area (TPSA) is 80.0 Å². The quantitative estimate of drug-likeness (QED) is 0.648. The minimum absolute atomic E-state index is 0.00597. The summed E-state index contributed by atoms with van der Waals surface area (Å²) >= 11 is 11.7. The number of alkyl halides is 3. The molecule has 28 heavy (non-hydrogen) atoms. The monoisotopic (exact) mass is 430 g/mol. The van der Waals surface area contributed by atoms with Crippen molar-refractivity contribution in [2.45, 2.75) is 12.7 Å². The molecule has 0 fully saturated rings. The van der Waals surface area contributed by atoms with Gasteiger partial charge in [0, 0.05) is 6.54 Å². The zero-order valence-electron chi connectivity index (χ0n) is 13.8. The Hall–Kier alpha value is -2.78. The van der Waals surface area contributed by atoms with Crippen LogP contribution in [0.15, 0.2) is 42.7 Å². The van der Waals surface area contributed by atoms with Gasteiger partial charge in [-0.2, -0.15) is 13.2 Å². The van der Waals surface area contributed by atoms with Crippen LogP contribution in [0.1, 0.15) is 21.7 Å². The Morgan fingerprint density at radius 2 is 1.86 bits per heavy atom. The highest BCUT2D eigenvalue weighted by atomic mass is 35.5. The number of aromatic hydroxyl groups is 1. The summed E-state index contributed by atoms with van der Waals surface area (Å²) in [5.74, 6) is -1.16. The molecule has 0 aliphatic heterocycles. The van der Waals surface area contributed by atoms with Crippen molar-refractivity contribution in [1.82, 2.24) is 20.1 Å². The summed E-state index contributed by atoms with van der Waals surface area (Å²) in [4.78, 5) is 16.0. The molecule has 0 atom stereocenters. The van der Waals surface area contributed by atoms with Gasteiger partial charge < -0.3 is 10.4 Å². The molecular formula is C17H11Cl2F3N4O2. The third-order valence-electron chi connectivity index (χ3n) is 3.67. The second-order valence-electron chi connectivity index (χ2n) is 5.65. The predicted octanol–water partition coefficient (Wildman–Crippen LogP) is 4.23. The smallest absolute Gasteiger partial charge is 0.416 e. The molecule has 0 saturated carbocycles. The first kappa shape index (κ1) is 20.0. The molecule has 11 heteroatoms. The fourth-order valence-corrected chi connectivity index (χ4v) is 2.77. The first-order valence-corrected chi connectivity index (χ1v) is 8.45. The number of carbonyl (C=O) groups is 1. The van der Waals surface area contributed by atoms with Crippen molar-refractivity contribution in [2.24, 2.45) is 0 Å². The van der Waals surface area contributed by atoms with Crippen molar-refractivity contribution in [3.63, 3.8) is 0 Å². The lowest BCUT2D eigenvalue weighted by atomic mass is 10.1. The van der Waals surface area contributed by atoms with E-state index in [1.54, 1.807) is 0 Å². The number of hydrogen-bond acceptors (Lipinski definition) is 4. The average Bonchev–Trinajstić information content (AvgIpc) is 3.13. The fourth-order valence-electron chi connectivity index (χ4n) is 2.29. The summed E-state index contributed by atoms with van der Waals surface area (Å²) in [5, 5.41) is 16.0. The van der Waals surface area contributed by atoms with Crippen molar-refractivity contribution in [3.8, 4) is 11.4 Å². The highest BCUT2D eigenvalue weighted by Gasteiger charge is 2.30. The van der Waals surface area contributed by atoms with E-state index in [1.165, 1.54) is 35.3 Å². The maximum Gasteiger partial charge on any atom is 0.416 e. The number of phenolic OH excluding ortho intramolecular Hbond substituents is 1. The lowest BCUT2D eigenvalue weighted by molar-refractivity contribution is -0.137. The lowest BCUT2D eigenvalue weighted by Gasteiger charge is -2.09. The molecule has 0 unspecified atom stereocenters. The van der Waals surface area contributed by atoms with Gasteiger partial charge in [0.2, 0.25) is 5.82 Å². The molecule has 0 bridgehead atoms. The van der Waals surface area contributed by atoms with Gasteiger partial charge in [-0.15, -0.1) is 5.10 Å². The second kappa shape index (κ2) is 7.69. The van der Waals surface area contributed by atoms with Crippen LogP contribution >= 0.6 is 23.2 Å². The normalized spacial score (nSPS) is 11.5. The van der Waals surface area contributed by atoms with E-state index in [4.69, 9.17) is 23.2 Å². The van der Waals surface area contributed by atoms with E-state index in [9.17, 15) is 23.1 Å². The van der Waals surface area contributed by atoms with Crippen LogP contribution in [-0.2, 0) is 12.7 Å². The van der Waals surface area contributed by atoms with Crippen LogP contribution in [-0.4, -0.2) is 25.8 Å². The van der Waals surface area contributed by atoms with E-state index in [0.29, 0.717) is 5.69 Å². The Morgan fingerprint density at radius 1 is 1.18 bits per heavy atom. The van der Waals surface area contributed by atoms with Gasteiger partial charge >= 0.3 is 6.18 Å². The third kappa shape index (κ3) is 4.37. The summed E-state index contributed by atoms with van der Waals surface area (Å²) in [5.41, 5.74) is -0.167. The predicted molar refractivity (Wildman–Crippen MR) is 95.7 cm³/mol. The van der Waals surface area contributed by atoms with E-state index >= 15 is 0 Å². The third-order valence-corrected chi connectivity index (χ3v) is 4.24. The maximum absolute atomic E-state index is 12.7. The van der Waals surface area contributed by atoms with Gasteiger partial charge in [-0.3, -0.25) is 4.79 Å². The second-order valence-corrected chi connectivity index (χ2v) is 6.47. The van der Waals surface area contributed by atoms with Gasteiger partial charge in [-0.25, -0.2) is 9.67 Å². The van der Waals surface area contributed by atoms with E-state index in [2.05, 4.69) is 15.4 Å². The van der Waals surface area contributed by atoms with Crippen LogP contribution in [0.5, 0.6) is 5.75 Å². The number of rotatable bonds is 4. The minimum Gasteiger partial charge on any atom is -0.505 e. The SMILES string of the molecule is O=C(NCc1cccc(C(F)(F)F)c1)c1ncn(-c2cc(Cl)c(O)c(Cl)c2)n1. The van der Waals surface area contributed by atoms with Gasteiger partial charge in [-0.1, -0.05) is 35.3 Å². The molecule has 146 valence electrons. The van der Waals surface area contributed by atoms with Gasteiger partial charge in [0.1, 0.15) is 6.33 Å². The molecular weight excluding hydrogens is 420 g/mol. The minimum atomic E-state index is -4.47. The zero-order chi connectivity index (χ0) is 20.5. The van der Waals surface area contributed by atoms with Crippen molar-refractivity contribution in [3.05, 3.63) is 69.7 Å². The van der Waals surface area contributed by atoms with E-state index in [-0.39, 0.29) is 33.7 Å². The number of phenols is 1. The number of nitrogens with one attached hydrogen (secondary N) is 1. The Morgan fingerprint density at radius 3 is 2.50 bits per heavy atom. The van der Waals surface area contributed by atoms with Gasteiger partial charge in [0.05, 0.1) is 21.3 Å². The van der Waals surface area contributed by atoms with Crippen molar-refractivity contribution < 1.29 is 23.1 Å². The van der Waals surface area contributed by atoms with Crippen LogP contribution in [0.2, 0.25) is 10.0 Å². The standard InChI is InChI=1S/C17H11Cl2F3N4O2/c18-12-5-11(6-13(19)14(12)27)26-8-24-15(25-26)16(28)23-7-9-2-1-3-10(4-9)17(20,21)22/h1-6,8,27H,7H2,(H,23,28). The highest BCUT2D eigenvalue weighted by Crippen LogP contribution is 2.33. The molecule has 1 heterocycles. The molecule has 0 aliphatic rings. The summed E-state index contributed by atoms with van der Waals surface area (Å²) in [6, 6.07) is 7.37. The molecule has 2 aromatic carbocycles. The number of hydrogen-bond donors (Lipinski definition) is 2. The van der Waals surface area contributed by atoms with Gasteiger partial charge in [0.25, 0.3) is 5.91 Å². The number of aromatic nitrogens is 3. The molecule has 0 aliphatic carbocycles. The number of nitrogens with zero attached hydrogens (tertiary/aromatic N) is 3. The van der Waals surface area contributed by atoms with E-state index in [0.717, 1.165) is 12.1 Å². The van der Waals surface area contributed by atoms with Crippen LogP contribution in [0.4, 0.5) is 13.2 Å². The van der Waals surface area contributed by atoms with Crippen molar-refractivity contribution in [1.29, 1.82) is 0 Å². The number of amides is 1. The highest BCUT2D eigenvalue weighted by molar-refractivity contribution is 6.37. The van der Waals surface area contributed by atoms with Crippen molar-refractivity contribution in [2.75, 3.05) is 0 Å². The largest absolute Gasteiger partial charge is 0.505 e. The summed E-state index contributed by atoms with van der Waals surface area (Å²) in [6.45, 7) is -0.131. The Kier molecular flexibility index (Phi) is 5.48. The molecule has 1 amide bonds. The Bertz CT molecular complexity index is 1010. The van der Waals surface area contributed by atoms with E-state index in [1.807, 2.05) is 0 Å². The summed E-state index contributed by atoms with van der Waals surface area (Å²) < 4.78 is 39.4. The number of carbonyl (C=O) groups excluding carboxylic acids is 1. The number of benzene rings is 2. The van der Waals surface area contributed by atoms with Crippen LogP contribution in [0, 0.1) is 0 Å². The summed E-state index contributed by atoms with van der Waals surface area (Å²) in [7, 11) is 0. The zero-order valence-corrected chi connectivity index (χ0v) is 15.3. The molecule has 3 aromatic rings. The number of halogens is 5. The van der Waals surface area contributed by atoms with Crippen LogP contribution < -0.4 is 5.32 Å². The molecule has 0 saturated heterocycles. The van der Waals surface area contributed by atoms with Gasteiger partial charge in [-0.05, 0) is 29.8 Å². The first-order chi connectivity index (χ1) is 13.1. The molecule has 0 radical (unpaired) electrons. The Balaban J connectivity index is 1.72. The van der Waals surface area contributed by atoms with E-state index < -0.39 is 17.6 Å². The molecule has 6 nitrogen and oxygen atoms in total. The first-order valence-electron chi connectivity index (χ1n) is 7.69. The molecule has 1 aromatic heterocycles. The molecule has 2 N–H and O–H groups in total. The molecule has 3 rings (SSSR count). The molecule has 0 spiro atoms.